The van der Waals surface area contributed by atoms with Crippen molar-refractivity contribution in [1.82, 2.24) is 4.90 Å². The van der Waals surface area contributed by atoms with Gasteiger partial charge in [0.25, 0.3) is 5.91 Å². The zero-order valence-corrected chi connectivity index (χ0v) is 17.1. The Bertz CT molecular complexity index is 1110. The number of halogens is 1. The molecule has 2 aliphatic heterocycles. The van der Waals surface area contributed by atoms with E-state index < -0.39 is 5.54 Å². The molecule has 2 heterocycles. The molecule has 2 N–H and O–H groups in total. The van der Waals surface area contributed by atoms with Crippen LogP contribution in [-0.2, 0) is 10.3 Å². The Balaban J connectivity index is 1.72. The number of guanidine groups is 1. The van der Waals surface area contributed by atoms with Crippen LogP contribution >= 0.6 is 0 Å². The van der Waals surface area contributed by atoms with Gasteiger partial charge in [-0.15, -0.1) is 0 Å². The number of aliphatic imine (C=N–C) groups is 1. The Morgan fingerprint density at radius 3 is 2.77 bits per heavy atom. The van der Waals surface area contributed by atoms with Crippen molar-refractivity contribution in [3.05, 3.63) is 65.5 Å². The number of rotatable bonds is 1. The molecule has 3 unspecified atom stereocenters. The maximum atomic E-state index is 14.0. The first-order valence-corrected chi connectivity index (χ1v) is 10.2. The summed E-state index contributed by atoms with van der Waals surface area (Å²) in [5.74, 6) is 0.278. The molecule has 5 rings (SSSR count). The van der Waals surface area contributed by atoms with Crippen LogP contribution in [0.3, 0.4) is 0 Å². The number of hydrogen-bond acceptors (Lipinski definition) is 4. The van der Waals surface area contributed by atoms with Crippen LogP contribution in [-0.4, -0.2) is 29.9 Å². The molecule has 3 aliphatic rings. The van der Waals surface area contributed by atoms with Crippen LogP contribution in [0.25, 0.3) is 11.1 Å². The normalized spacial score (nSPS) is 27.6. The van der Waals surface area contributed by atoms with Gasteiger partial charge in [-0.1, -0.05) is 24.3 Å². The topological polar surface area (TPSA) is 67.9 Å². The molecule has 1 amide bonds. The number of likely N-dealkylation sites (N-methyl/N-ethyl adjacent to an activating group) is 1. The van der Waals surface area contributed by atoms with E-state index in [2.05, 4.69) is 6.58 Å². The van der Waals surface area contributed by atoms with E-state index in [9.17, 15) is 9.18 Å². The fourth-order valence-electron chi connectivity index (χ4n) is 5.13. The van der Waals surface area contributed by atoms with E-state index in [1.54, 1.807) is 7.05 Å². The Morgan fingerprint density at radius 1 is 1.27 bits per heavy atom. The van der Waals surface area contributed by atoms with E-state index in [1.165, 1.54) is 17.0 Å². The predicted octanol–water partition coefficient (Wildman–Crippen LogP) is 3.90. The second kappa shape index (κ2) is 6.42. The summed E-state index contributed by atoms with van der Waals surface area (Å²) < 4.78 is 20.4. The van der Waals surface area contributed by atoms with Gasteiger partial charge < -0.3 is 10.5 Å². The van der Waals surface area contributed by atoms with Crippen LogP contribution < -0.4 is 10.5 Å². The molecule has 0 radical (unpaired) electrons. The van der Waals surface area contributed by atoms with Gasteiger partial charge in [0.05, 0.1) is 0 Å². The third kappa shape index (κ3) is 2.59. The molecule has 5 nitrogen and oxygen atoms in total. The van der Waals surface area contributed by atoms with Crippen LogP contribution in [0.2, 0.25) is 0 Å². The van der Waals surface area contributed by atoms with Gasteiger partial charge in [0.2, 0.25) is 0 Å². The molecule has 3 atom stereocenters. The SMILES string of the molecule is C=C1CCC2C(C1)Oc1ccc(-c3cc(C)cc(F)c3)cc1C21N=C(N)N(C)C1=O. The molecule has 0 aromatic heterocycles. The van der Waals surface area contributed by atoms with Gasteiger partial charge in [0.15, 0.2) is 11.5 Å². The lowest BCUT2D eigenvalue weighted by atomic mass is 9.66. The van der Waals surface area contributed by atoms with Crippen LogP contribution in [0.4, 0.5) is 4.39 Å². The first-order chi connectivity index (χ1) is 14.3. The highest BCUT2D eigenvalue weighted by Crippen LogP contribution is 2.54. The summed E-state index contributed by atoms with van der Waals surface area (Å²) >= 11 is 0. The van der Waals surface area contributed by atoms with Crippen LogP contribution in [0.15, 0.2) is 53.5 Å². The smallest absolute Gasteiger partial charge is 0.262 e. The van der Waals surface area contributed by atoms with E-state index in [4.69, 9.17) is 15.5 Å². The minimum atomic E-state index is -1.11. The van der Waals surface area contributed by atoms with Gasteiger partial charge >= 0.3 is 0 Å². The lowest BCUT2D eigenvalue weighted by Gasteiger charge is -2.46. The average Bonchev–Trinajstić information content (AvgIpc) is 2.92. The lowest BCUT2D eigenvalue weighted by molar-refractivity contribution is -0.136. The molecule has 1 saturated carbocycles. The summed E-state index contributed by atoms with van der Waals surface area (Å²) in [6, 6.07) is 10.6. The zero-order chi connectivity index (χ0) is 21.2. The highest BCUT2D eigenvalue weighted by Gasteiger charge is 2.60. The summed E-state index contributed by atoms with van der Waals surface area (Å²) in [7, 11) is 1.65. The van der Waals surface area contributed by atoms with Crippen molar-refractivity contribution in [2.24, 2.45) is 16.6 Å². The highest BCUT2D eigenvalue weighted by molar-refractivity contribution is 6.07. The van der Waals surface area contributed by atoms with Gasteiger partial charge in [-0.05, 0) is 60.7 Å². The summed E-state index contributed by atoms with van der Waals surface area (Å²) in [4.78, 5) is 19.7. The summed E-state index contributed by atoms with van der Waals surface area (Å²) in [5.41, 5.74) is 9.22. The van der Waals surface area contributed by atoms with Crippen molar-refractivity contribution in [3.8, 4) is 16.9 Å². The molecule has 30 heavy (non-hydrogen) atoms. The second-order valence-electron chi connectivity index (χ2n) is 8.58. The van der Waals surface area contributed by atoms with Gasteiger partial charge in [-0.25, -0.2) is 9.38 Å². The van der Waals surface area contributed by atoms with E-state index in [0.29, 0.717) is 17.7 Å². The molecule has 0 saturated heterocycles. The third-order valence-electron chi connectivity index (χ3n) is 6.59. The largest absolute Gasteiger partial charge is 0.489 e. The van der Waals surface area contributed by atoms with E-state index in [0.717, 1.165) is 35.1 Å². The summed E-state index contributed by atoms with van der Waals surface area (Å²) in [6.07, 6.45) is 2.11. The van der Waals surface area contributed by atoms with Gasteiger partial charge in [0.1, 0.15) is 17.7 Å². The van der Waals surface area contributed by atoms with Crippen LogP contribution in [0, 0.1) is 18.7 Å². The Morgan fingerprint density at radius 2 is 2.07 bits per heavy atom. The van der Waals surface area contributed by atoms with Crippen LogP contribution in [0.5, 0.6) is 5.75 Å². The van der Waals surface area contributed by atoms with E-state index in [-0.39, 0.29) is 29.7 Å². The Hall–Kier alpha value is -3.15. The fraction of sp³-hybridized carbons (Fsp3) is 0.333. The number of ether oxygens (including phenoxy) is 1. The number of hydrogen-bond donors (Lipinski definition) is 1. The van der Waals surface area contributed by atoms with Crippen molar-refractivity contribution in [3.63, 3.8) is 0 Å². The summed E-state index contributed by atoms with van der Waals surface area (Å²) in [6.45, 7) is 5.98. The first kappa shape index (κ1) is 18.9. The number of nitrogens with zero attached hydrogens (tertiary/aromatic N) is 2. The third-order valence-corrected chi connectivity index (χ3v) is 6.59. The monoisotopic (exact) mass is 405 g/mol. The number of fused-ring (bicyclic) bond motifs is 4. The van der Waals surface area contributed by atoms with E-state index in [1.807, 2.05) is 31.2 Å². The number of benzene rings is 2. The van der Waals surface area contributed by atoms with Gasteiger partial charge in [-0.3, -0.25) is 9.69 Å². The minimum Gasteiger partial charge on any atom is -0.489 e. The molecule has 0 bridgehead atoms. The Kier molecular flexibility index (Phi) is 4.04. The number of amides is 1. The lowest BCUT2D eigenvalue weighted by Crippen LogP contribution is -2.53. The molecule has 2 aromatic carbocycles. The van der Waals surface area contributed by atoms with Crippen molar-refractivity contribution in [2.75, 3.05) is 7.05 Å². The standard InChI is InChI=1S/C24H24FN3O2/c1-13-4-6-18-21(10-13)30-20-7-5-15(16-8-14(2)9-17(25)11-16)12-19(20)24(18)22(29)28(3)23(26)27-24/h5,7-9,11-12,18,21H,1,4,6,10H2,2-3H3,(H2,26,27). The summed E-state index contributed by atoms with van der Waals surface area (Å²) in [5, 5.41) is 0. The number of aryl methyl sites for hydroxylation is 1. The number of nitrogens with two attached hydrogens (primary N) is 1. The maximum absolute atomic E-state index is 14.0. The fourth-order valence-corrected chi connectivity index (χ4v) is 5.13. The zero-order valence-electron chi connectivity index (χ0n) is 17.1. The van der Waals surface area contributed by atoms with Gasteiger partial charge in [-0.2, -0.15) is 0 Å². The van der Waals surface area contributed by atoms with E-state index >= 15 is 0 Å². The van der Waals surface area contributed by atoms with Crippen LogP contribution in [0.1, 0.15) is 30.4 Å². The maximum Gasteiger partial charge on any atom is 0.262 e. The molecule has 2 aromatic rings. The van der Waals surface area contributed by atoms with Crippen molar-refractivity contribution in [2.45, 2.75) is 37.8 Å². The molecular weight excluding hydrogens is 381 g/mol. The first-order valence-electron chi connectivity index (χ1n) is 10.2. The average molecular weight is 405 g/mol. The number of carbonyl (C=O) groups excluding carboxylic acids is 1. The molecule has 154 valence electrons. The molecule has 1 spiro atoms. The molecular formula is C24H24FN3O2. The predicted molar refractivity (Wildman–Crippen MR) is 114 cm³/mol. The van der Waals surface area contributed by atoms with Crippen molar-refractivity contribution >= 4 is 11.9 Å². The quantitative estimate of drug-likeness (QED) is 0.732. The second-order valence-corrected chi connectivity index (χ2v) is 8.58. The minimum absolute atomic E-state index is 0.129. The molecule has 1 aliphatic carbocycles. The highest BCUT2D eigenvalue weighted by atomic mass is 19.1. The molecule has 6 heteroatoms. The van der Waals surface area contributed by atoms with Crippen molar-refractivity contribution < 1.29 is 13.9 Å². The number of carbonyl (C=O) groups is 1. The van der Waals surface area contributed by atoms with Crippen molar-refractivity contribution in [1.29, 1.82) is 0 Å². The molecule has 1 fully saturated rings. The Labute approximate surface area is 175 Å². The van der Waals surface area contributed by atoms with Gasteiger partial charge in [0, 0.05) is 24.9 Å².